The second-order valence-electron chi connectivity index (χ2n) is 7.73. The maximum absolute atomic E-state index is 13.0. The molecule has 0 bridgehead atoms. The number of fused-ring (bicyclic) bond motifs is 1. The van der Waals surface area contributed by atoms with Gasteiger partial charge in [-0.15, -0.1) is 0 Å². The summed E-state index contributed by atoms with van der Waals surface area (Å²) in [6.07, 6.45) is 1.52. The molecule has 0 radical (unpaired) electrons. The Morgan fingerprint density at radius 3 is 2.59 bits per heavy atom. The van der Waals surface area contributed by atoms with E-state index in [1.807, 2.05) is 18.2 Å². The van der Waals surface area contributed by atoms with Crippen LogP contribution in [0.1, 0.15) is 30.9 Å². The highest BCUT2D eigenvalue weighted by atomic mass is 32.2. The standard InChI is InChI=1S/C23H27NO7S/c1-28-16-5-7-20(29-2)18(14-16)19-4-3-10-24(19)23(25)9-13-32(26,27)17-6-8-21-22(15-17)31-12-11-30-21/h5-8,14-15,19H,3-4,9-13H2,1-2H3. The second kappa shape index (κ2) is 9.28. The van der Waals surface area contributed by atoms with E-state index in [2.05, 4.69) is 0 Å². The normalized spacial score (nSPS) is 17.8. The first-order chi connectivity index (χ1) is 15.4. The number of hydrogen-bond donors (Lipinski definition) is 0. The largest absolute Gasteiger partial charge is 0.497 e. The summed E-state index contributed by atoms with van der Waals surface area (Å²) < 4.78 is 47.5. The predicted octanol–water partition coefficient (Wildman–Crippen LogP) is 3.00. The molecule has 0 aliphatic carbocycles. The molecule has 1 fully saturated rings. The fraction of sp³-hybridized carbons (Fsp3) is 0.435. The van der Waals surface area contributed by atoms with Crippen LogP contribution < -0.4 is 18.9 Å². The van der Waals surface area contributed by atoms with Crippen molar-refractivity contribution in [3.63, 3.8) is 0 Å². The third-order valence-electron chi connectivity index (χ3n) is 5.83. The summed E-state index contributed by atoms with van der Waals surface area (Å²) in [5, 5.41) is 0. The SMILES string of the molecule is COc1ccc(OC)c(C2CCCN2C(=O)CCS(=O)(=O)c2ccc3c(c2)OCCO3)c1. The van der Waals surface area contributed by atoms with Crippen molar-refractivity contribution in [1.82, 2.24) is 4.90 Å². The molecule has 172 valence electrons. The lowest BCUT2D eigenvalue weighted by atomic mass is 10.0. The maximum Gasteiger partial charge on any atom is 0.224 e. The number of ether oxygens (including phenoxy) is 4. The van der Waals surface area contributed by atoms with Crippen molar-refractivity contribution in [3.8, 4) is 23.0 Å². The van der Waals surface area contributed by atoms with Crippen LogP contribution in [0.2, 0.25) is 0 Å². The van der Waals surface area contributed by atoms with Crippen molar-refractivity contribution < 1.29 is 32.2 Å². The zero-order valence-corrected chi connectivity index (χ0v) is 19.0. The molecule has 4 rings (SSSR count). The van der Waals surface area contributed by atoms with Crippen molar-refractivity contribution in [3.05, 3.63) is 42.0 Å². The molecular weight excluding hydrogens is 434 g/mol. The van der Waals surface area contributed by atoms with E-state index in [4.69, 9.17) is 18.9 Å². The van der Waals surface area contributed by atoms with Gasteiger partial charge in [0.05, 0.1) is 30.9 Å². The van der Waals surface area contributed by atoms with E-state index in [1.54, 1.807) is 25.2 Å². The number of benzene rings is 2. The topological polar surface area (TPSA) is 91.4 Å². The van der Waals surface area contributed by atoms with Gasteiger partial charge in [-0.25, -0.2) is 8.42 Å². The molecule has 1 atom stereocenters. The van der Waals surface area contributed by atoms with E-state index < -0.39 is 9.84 Å². The minimum atomic E-state index is -3.65. The molecule has 0 aromatic heterocycles. The molecule has 32 heavy (non-hydrogen) atoms. The van der Waals surface area contributed by atoms with Crippen molar-refractivity contribution in [2.45, 2.75) is 30.2 Å². The highest BCUT2D eigenvalue weighted by molar-refractivity contribution is 7.91. The first-order valence-corrected chi connectivity index (χ1v) is 12.2. The average molecular weight is 462 g/mol. The maximum atomic E-state index is 13.0. The van der Waals surface area contributed by atoms with Crippen molar-refractivity contribution in [2.75, 3.05) is 39.7 Å². The van der Waals surface area contributed by atoms with Crippen LogP contribution in [0.25, 0.3) is 0 Å². The molecular formula is C23H27NO7S. The number of sulfone groups is 1. The fourth-order valence-electron chi connectivity index (χ4n) is 4.19. The molecule has 2 aliphatic rings. The van der Waals surface area contributed by atoms with Gasteiger partial charge in [0, 0.05) is 24.6 Å². The van der Waals surface area contributed by atoms with Gasteiger partial charge in [-0.1, -0.05) is 0 Å². The third-order valence-corrected chi connectivity index (χ3v) is 7.54. The number of carbonyl (C=O) groups excluding carboxylic acids is 1. The summed E-state index contributed by atoms with van der Waals surface area (Å²) in [4.78, 5) is 14.9. The van der Waals surface area contributed by atoms with Crippen molar-refractivity contribution >= 4 is 15.7 Å². The Balaban J connectivity index is 1.48. The summed E-state index contributed by atoms with van der Waals surface area (Å²) in [6, 6.07) is 9.88. The first kappa shape index (κ1) is 22.3. The zero-order chi connectivity index (χ0) is 22.7. The van der Waals surface area contributed by atoms with Crippen LogP contribution in [0.5, 0.6) is 23.0 Å². The highest BCUT2D eigenvalue weighted by Crippen LogP contribution is 2.39. The quantitative estimate of drug-likeness (QED) is 0.626. The molecule has 1 unspecified atom stereocenters. The lowest BCUT2D eigenvalue weighted by Crippen LogP contribution is -2.32. The number of hydrogen-bond acceptors (Lipinski definition) is 7. The van der Waals surface area contributed by atoms with Gasteiger partial charge < -0.3 is 23.8 Å². The first-order valence-electron chi connectivity index (χ1n) is 10.6. The minimum Gasteiger partial charge on any atom is -0.497 e. The lowest BCUT2D eigenvalue weighted by Gasteiger charge is -2.27. The Morgan fingerprint density at radius 1 is 1.06 bits per heavy atom. The Kier molecular flexibility index (Phi) is 6.45. The minimum absolute atomic E-state index is 0.0977. The van der Waals surface area contributed by atoms with E-state index >= 15 is 0 Å². The Labute approximate surface area is 187 Å². The van der Waals surface area contributed by atoms with Crippen LogP contribution in [-0.4, -0.2) is 59.0 Å². The summed E-state index contributed by atoms with van der Waals surface area (Å²) in [5.74, 6) is 1.83. The van der Waals surface area contributed by atoms with Crippen molar-refractivity contribution in [1.29, 1.82) is 0 Å². The lowest BCUT2D eigenvalue weighted by molar-refractivity contribution is -0.131. The zero-order valence-electron chi connectivity index (χ0n) is 18.2. The molecule has 0 spiro atoms. The molecule has 8 nitrogen and oxygen atoms in total. The van der Waals surface area contributed by atoms with Gasteiger partial charge in [0.1, 0.15) is 24.7 Å². The Hall–Kier alpha value is -2.94. The number of methoxy groups -OCH3 is 2. The van der Waals surface area contributed by atoms with Crippen LogP contribution >= 0.6 is 0 Å². The van der Waals surface area contributed by atoms with Crippen LogP contribution in [0.15, 0.2) is 41.3 Å². The average Bonchev–Trinajstić information content (AvgIpc) is 3.31. The molecule has 2 aromatic rings. The summed E-state index contributed by atoms with van der Waals surface area (Å²) >= 11 is 0. The van der Waals surface area contributed by atoms with Crippen LogP contribution in [0, 0.1) is 0 Å². The fourth-order valence-corrected chi connectivity index (χ4v) is 5.43. The van der Waals surface area contributed by atoms with E-state index in [0.29, 0.717) is 42.8 Å². The van der Waals surface area contributed by atoms with Gasteiger partial charge in [0.15, 0.2) is 21.3 Å². The number of rotatable bonds is 7. The van der Waals surface area contributed by atoms with Crippen LogP contribution in [0.4, 0.5) is 0 Å². The number of amides is 1. The number of nitrogens with zero attached hydrogens (tertiary/aromatic N) is 1. The molecule has 1 amide bonds. The number of carbonyl (C=O) groups is 1. The molecule has 2 aliphatic heterocycles. The summed E-state index contributed by atoms with van der Waals surface area (Å²) in [6.45, 7) is 1.38. The summed E-state index contributed by atoms with van der Waals surface area (Å²) in [5.41, 5.74) is 0.868. The predicted molar refractivity (Wildman–Crippen MR) is 117 cm³/mol. The van der Waals surface area contributed by atoms with E-state index in [9.17, 15) is 13.2 Å². The second-order valence-corrected chi connectivity index (χ2v) is 9.84. The van der Waals surface area contributed by atoms with E-state index in [-0.39, 0.29) is 29.0 Å². The van der Waals surface area contributed by atoms with Gasteiger partial charge in [-0.05, 0) is 43.2 Å². The van der Waals surface area contributed by atoms with Gasteiger partial charge in [0.25, 0.3) is 0 Å². The van der Waals surface area contributed by atoms with E-state index in [1.165, 1.54) is 12.1 Å². The third kappa shape index (κ3) is 4.48. The van der Waals surface area contributed by atoms with Gasteiger partial charge in [-0.2, -0.15) is 0 Å². The smallest absolute Gasteiger partial charge is 0.224 e. The Bertz CT molecular complexity index is 1100. The molecule has 2 heterocycles. The van der Waals surface area contributed by atoms with E-state index in [0.717, 1.165) is 18.4 Å². The van der Waals surface area contributed by atoms with Gasteiger partial charge in [0.2, 0.25) is 5.91 Å². The molecule has 0 saturated carbocycles. The monoisotopic (exact) mass is 461 g/mol. The number of likely N-dealkylation sites (tertiary alicyclic amines) is 1. The summed E-state index contributed by atoms with van der Waals surface area (Å²) in [7, 11) is -0.473. The molecule has 2 aromatic carbocycles. The molecule has 9 heteroatoms. The van der Waals surface area contributed by atoms with Gasteiger partial charge >= 0.3 is 0 Å². The van der Waals surface area contributed by atoms with Gasteiger partial charge in [-0.3, -0.25) is 4.79 Å². The van der Waals surface area contributed by atoms with Crippen LogP contribution in [-0.2, 0) is 14.6 Å². The molecule has 1 saturated heterocycles. The highest BCUT2D eigenvalue weighted by Gasteiger charge is 2.33. The Morgan fingerprint density at radius 2 is 1.84 bits per heavy atom. The molecule has 0 N–H and O–H groups in total. The van der Waals surface area contributed by atoms with Crippen molar-refractivity contribution in [2.24, 2.45) is 0 Å². The van der Waals surface area contributed by atoms with Crippen LogP contribution in [0.3, 0.4) is 0 Å².